The van der Waals surface area contributed by atoms with Crippen LogP contribution in [0, 0.1) is 0 Å². The van der Waals surface area contributed by atoms with Gasteiger partial charge in [-0.2, -0.15) is 4.98 Å². The van der Waals surface area contributed by atoms with Crippen LogP contribution in [-0.4, -0.2) is 73.1 Å². The summed E-state index contributed by atoms with van der Waals surface area (Å²) in [7, 11) is 5.63. The van der Waals surface area contributed by atoms with Gasteiger partial charge in [-0.3, -0.25) is 4.79 Å². The molecule has 0 aliphatic carbocycles. The van der Waals surface area contributed by atoms with E-state index in [1.54, 1.807) is 23.7 Å². The Morgan fingerprint density at radius 2 is 1.94 bits per heavy atom. The first-order valence-electron chi connectivity index (χ1n) is 10.3. The van der Waals surface area contributed by atoms with Crippen LogP contribution < -0.4 is 25.2 Å². The molecule has 0 unspecified atom stereocenters. The molecule has 32 heavy (non-hydrogen) atoms. The number of hydrogen-bond donors (Lipinski definition) is 2. The van der Waals surface area contributed by atoms with E-state index in [4.69, 9.17) is 4.74 Å². The number of piperazine rings is 1. The van der Waals surface area contributed by atoms with Crippen LogP contribution in [0.3, 0.4) is 0 Å². The Bertz CT molecular complexity index is 1160. The van der Waals surface area contributed by atoms with Crippen LogP contribution in [0.15, 0.2) is 29.9 Å². The lowest BCUT2D eigenvalue weighted by atomic mass is 10.2. The lowest BCUT2D eigenvalue weighted by Gasteiger charge is -2.34. The summed E-state index contributed by atoms with van der Waals surface area (Å²) in [6, 6.07) is 6.09. The molecule has 0 saturated carbocycles. The highest BCUT2D eigenvalue weighted by Gasteiger charge is 2.27. The Morgan fingerprint density at radius 1 is 1.12 bits per heavy atom. The highest BCUT2D eigenvalue weighted by molar-refractivity contribution is 7.12. The number of likely N-dealkylation sites (N-methyl/N-ethyl adjacent to an activating group) is 1. The van der Waals surface area contributed by atoms with Gasteiger partial charge in [-0.05, 0) is 19.2 Å². The second-order valence-electron chi connectivity index (χ2n) is 7.75. The van der Waals surface area contributed by atoms with Gasteiger partial charge in [0.2, 0.25) is 5.95 Å². The van der Waals surface area contributed by atoms with Gasteiger partial charge in [0.25, 0.3) is 5.91 Å². The van der Waals surface area contributed by atoms with Crippen molar-refractivity contribution in [3.05, 3.63) is 34.8 Å². The van der Waals surface area contributed by atoms with Gasteiger partial charge in [0.1, 0.15) is 16.3 Å². The highest BCUT2D eigenvalue weighted by Crippen LogP contribution is 2.37. The number of amides is 1. The predicted octanol–water partition coefficient (Wildman–Crippen LogP) is 2.77. The van der Waals surface area contributed by atoms with Crippen molar-refractivity contribution in [2.24, 2.45) is 0 Å². The maximum Gasteiger partial charge on any atom is 0.269 e. The number of thiazole rings is 1. The van der Waals surface area contributed by atoms with Crippen LogP contribution in [-0.2, 0) is 0 Å². The van der Waals surface area contributed by atoms with E-state index in [-0.39, 0.29) is 5.91 Å². The van der Waals surface area contributed by atoms with Crippen molar-refractivity contribution in [1.29, 1.82) is 0 Å². The minimum absolute atomic E-state index is 0.210. The van der Waals surface area contributed by atoms with Crippen molar-refractivity contribution < 1.29 is 9.53 Å². The number of ether oxygens (including phenoxy) is 1. The van der Waals surface area contributed by atoms with E-state index in [1.807, 2.05) is 19.2 Å². The second-order valence-corrected chi connectivity index (χ2v) is 8.60. The van der Waals surface area contributed by atoms with Crippen LogP contribution in [0.25, 0.3) is 0 Å². The third-order valence-electron chi connectivity index (χ3n) is 5.71. The first-order valence-corrected chi connectivity index (χ1v) is 11.2. The molecule has 2 N–H and O–H groups in total. The highest BCUT2D eigenvalue weighted by atomic mass is 32.1. The van der Waals surface area contributed by atoms with E-state index in [0.717, 1.165) is 37.6 Å². The number of anilines is 6. The summed E-state index contributed by atoms with van der Waals surface area (Å²) in [5.74, 6) is 2.04. The summed E-state index contributed by atoms with van der Waals surface area (Å²) >= 11 is 1.29. The summed E-state index contributed by atoms with van der Waals surface area (Å²) in [4.78, 5) is 32.8. The van der Waals surface area contributed by atoms with Crippen molar-refractivity contribution in [2.75, 3.05) is 67.8 Å². The largest absolute Gasteiger partial charge is 0.494 e. The molecule has 1 amide bonds. The van der Waals surface area contributed by atoms with Crippen molar-refractivity contribution in [3.8, 4) is 5.75 Å². The molecular formula is C21H24N8O2S. The maximum atomic E-state index is 12.5. The smallest absolute Gasteiger partial charge is 0.269 e. The number of benzene rings is 1. The first kappa shape index (κ1) is 20.5. The van der Waals surface area contributed by atoms with E-state index >= 15 is 0 Å². The van der Waals surface area contributed by atoms with Crippen LogP contribution in [0.5, 0.6) is 5.75 Å². The molecule has 3 aromatic rings. The molecule has 4 heterocycles. The topological polar surface area (TPSA) is 98.8 Å². The van der Waals surface area contributed by atoms with Crippen molar-refractivity contribution in [1.82, 2.24) is 19.9 Å². The number of methoxy groups -OCH3 is 1. The normalized spacial score (nSPS) is 16.2. The fourth-order valence-electron chi connectivity index (χ4n) is 3.86. The Hall–Kier alpha value is -3.44. The zero-order valence-corrected chi connectivity index (χ0v) is 18.9. The quantitative estimate of drug-likeness (QED) is 0.619. The van der Waals surface area contributed by atoms with Gasteiger partial charge >= 0.3 is 0 Å². The third-order valence-corrected chi connectivity index (χ3v) is 6.52. The molecular weight excluding hydrogens is 428 g/mol. The summed E-state index contributed by atoms with van der Waals surface area (Å²) in [5, 5.41) is 6.11. The molecule has 0 radical (unpaired) electrons. The van der Waals surface area contributed by atoms with Crippen LogP contribution in [0.1, 0.15) is 9.67 Å². The molecule has 0 atom stereocenters. The lowest BCUT2D eigenvalue weighted by molar-refractivity contribution is 0.103. The van der Waals surface area contributed by atoms with E-state index in [0.29, 0.717) is 33.9 Å². The minimum atomic E-state index is -0.210. The molecule has 10 nitrogen and oxygen atoms in total. The molecule has 2 aromatic heterocycles. The number of rotatable bonds is 4. The van der Waals surface area contributed by atoms with Crippen LogP contribution >= 0.6 is 11.3 Å². The first-order chi connectivity index (χ1) is 15.5. The van der Waals surface area contributed by atoms with Crippen molar-refractivity contribution in [3.63, 3.8) is 0 Å². The van der Waals surface area contributed by atoms with Gasteiger partial charge < -0.3 is 30.1 Å². The van der Waals surface area contributed by atoms with E-state index in [9.17, 15) is 4.79 Å². The van der Waals surface area contributed by atoms with Gasteiger partial charge in [0.05, 0.1) is 24.5 Å². The lowest BCUT2D eigenvalue weighted by Crippen LogP contribution is -2.44. The molecule has 5 rings (SSSR count). The second kappa shape index (κ2) is 8.24. The number of hydrogen-bond acceptors (Lipinski definition) is 10. The van der Waals surface area contributed by atoms with Gasteiger partial charge in [-0.25, -0.2) is 9.97 Å². The predicted molar refractivity (Wildman–Crippen MR) is 126 cm³/mol. The molecule has 11 heteroatoms. The van der Waals surface area contributed by atoms with E-state index in [1.165, 1.54) is 11.3 Å². The Kier molecular flexibility index (Phi) is 5.27. The Balaban J connectivity index is 1.41. The fourth-order valence-corrected chi connectivity index (χ4v) is 4.57. The molecule has 0 spiro atoms. The number of carbonyl (C=O) groups excluding carboxylic acids is 1. The molecule has 2 aliphatic rings. The SMILES string of the molecule is COc1cc(N2CCN(C)CC2)ccc1Nc1ncc2c(n1)N(C)c1ncsc1C(=O)N2. The average Bonchev–Trinajstić information content (AvgIpc) is 3.27. The van der Waals surface area contributed by atoms with Gasteiger partial charge in [-0.15, -0.1) is 11.3 Å². The summed E-state index contributed by atoms with van der Waals surface area (Å²) in [5.41, 5.74) is 4.08. The van der Waals surface area contributed by atoms with Crippen molar-refractivity contribution in [2.45, 2.75) is 0 Å². The summed E-state index contributed by atoms with van der Waals surface area (Å²) < 4.78 is 5.64. The summed E-state index contributed by atoms with van der Waals surface area (Å²) in [6.45, 7) is 4.04. The van der Waals surface area contributed by atoms with Crippen LogP contribution in [0.2, 0.25) is 0 Å². The van der Waals surface area contributed by atoms with E-state index < -0.39 is 0 Å². The Morgan fingerprint density at radius 3 is 2.72 bits per heavy atom. The molecule has 0 bridgehead atoms. The number of carbonyl (C=O) groups is 1. The number of nitrogens with zero attached hydrogens (tertiary/aromatic N) is 6. The number of aromatic nitrogens is 3. The number of nitrogens with one attached hydrogen (secondary N) is 2. The molecule has 1 saturated heterocycles. The molecule has 2 aliphatic heterocycles. The number of fused-ring (bicyclic) bond motifs is 2. The van der Waals surface area contributed by atoms with Gasteiger partial charge in [0.15, 0.2) is 11.6 Å². The average molecular weight is 453 g/mol. The molecule has 1 aromatic carbocycles. The van der Waals surface area contributed by atoms with Crippen molar-refractivity contribution >= 4 is 51.9 Å². The molecule has 166 valence electrons. The third kappa shape index (κ3) is 3.69. The minimum Gasteiger partial charge on any atom is -0.494 e. The van der Waals surface area contributed by atoms with E-state index in [2.05, 4.69) is 48.5 Å². The van der Waals surface area contributed by atoms with Gasteiger partial charge in [-0.1, -0.05) is 0 Å². The fraction of sp³-hybridized carbons (Fsp3) is 0.333. The summed E-state index contributed by atoms with van der Waals surface area (Å²) in [6.07, 6.45) is 1.60. The monoisotopic (exact) mass is 452 g/mol. The zero-order valence-electron chi connectivity index (χ0n) is 18.1. The maximum absolute atomic E-state index is 12.5. The standard InChI is InChI=1S/C21H24N8O2S/c1-27-6-8-29(9-7-27)13-4-5-14(16(10-13)31-3)25-21-22-11-15-18(26-21)28(2)19-17(20(30)24-15)32-12-23-19/h4-5,10-12H,6-9H2,1-3H3,(H,24,30)(H,22,25,26). The molecule has 1 fully saturated rings. The van der Waals surface area contributed by atoms with Gasteiger partial charge in [0, 0.05) is 45.0 Å². The Labute approximate surface area is 189 Å². The van der Waals surface area contributed by atoms with Crippen LogP contribution in [0.4, 0.5) is 34.6 Å². The zero-order chi connectivity index (χ0) is 22.2.